The number of aromatic nitrogens is 3. The second-order valence-corrected chi connectivity index (χ2v) is 7.74. The zero-order chi connectivity index (χ0) is 23.6. The van der Waals surface area contributed by atoms with E-state index in [9.17, 15) is 18.0 Å². The first kappa shape index (κ1) is 23.2. The molecule has 1 amide bonds. The number of carbonyl (C=O) groups excluding carboxylic acids is 1. The summed E-state index contributed by atoms with van der Waals surface area (Å²) in [5.74, 6) is 0.386. The van der Waals surface area contributed by atoms with Crippen LogP contribution in [0.25, 0.3) is 10.9 Å². The SMILES string of the molecule is Cc1nc(N[C@H](C)c2cccc(C(F)F)c2F)c2cc(N(C)CC(=O)N(C)C)ncc2n1. The Morgan fingerprint density at radius 1 is 1.16 bits per heavy atom. The summed E-state index contributed by atoms with van der Waals surface area (Å²) in [5.41, 5.74) is 0.0267. The van der Waals surface area contributed by atoms with Crippen molar-refractivity contribution in [1.82, 2.24) is 19.9 Å². The summed E-state index contributed by atoms with van der Waals surface area (Å²) >= 11 is 0. The number of pyridine rings is 1. The minimum absolute atomic E-state index is 0.0871. The molecule has 0 aliphatic heterocycles. The van der Waals surface area contributed by atoms with Gasteiger partial charge in [-0.2, -0.15) is 0 Å². The highest BCUT2D eigenvalue weighted by molar-refractivity contribution is 5.91. The van der Waals surface area contributed by atoms with Crippen molar-refractivity contribution in [2.75, 3.05) is 37.9 Å². The molecule has 7 nitrogen and oxygen atoms in total. The van der Waals surface area contributed by atoms with E-state index in [1.54, 1.807) is 52.2 Å². The van der Waals surface area contributed by atoms with Crippen LogP contribution in [0.2, 0.25) is 0 Å². The van der Waals surface area contributed by atoms with E-state index >= 15 is 0 Å². The summed E-state index contributed by atoms with van der Waals surface area (Å²) in [7, 11) is 5.09. The van der Waals surface area contributed by atoms with Gasteiger partial charge in [0.25, 0.3) is 6.43 Å². The van der Waals surface area contributed by atoms with Crippen LogP contribution < -0.4 is 10.2 Å². The number of alkyl halides is 2. The number of hydrogen-bond donors (Lipinski definition) is 1. The van der Waals surface area contributed by atoms with Crippen molar-refractivity contribution >= 4 is 28.4 Å². The van der Waals surface area contributed by atoms with Gasteiger partial charge in [0.15, 0.2) is 0 Å². The molecular weight excluding hydrogens is 421 g/mol. The number of hydrogen-bond acceptors (Lipinski definition) is 6. The smallest absolute Gasteiger partial charge is 0.266 e. The number of nitrogens with one attached hydrogen (secondary N) is 1. The predicted octanol–water partition coefficient (Wildman–Crippen LogP) is 4.11. The van der Waals surface area contributed by atoms with Gasteiger partial charge in [-0.05, 0) is 19.9 Å². The van der Waals surface area contributed by atoms with Crippen LogP contribution in [-0.4, -0.2) is 53.4 Å². The maximum absolute atomic E-state index is 14.6. The lowest BCUT2D eigenvalue weighted by molar-refractivity contribution is -0.127. The molecule has 170 valence electrons. The van der Waals surface area contributed by atoms with E-state index in [2.05, 4.69) is 20.3 Å². The Morgan fingerprint density at radius 3 is 2.50 bits per heavy atom. The summed E-state index contributed by atoms with van der Waals surface area (Å²) in [6.07, 6.45) is -1.33. The number of nitrogens with zero attached hydrogens (tertiary/aromatic N) is 5. The van der Waals surface area contributed by atoms with E-state index < -0.39 is 23.8 Å². The van der Waals surface area contributed by atoms with Gasteiger partial charge >= 0.3 is 0 Å². The molecule has 2 heterocycles. The van der Waals surface area contributed by atoms with Gasteiger partial charge in [0, 0.05) is 32.1 Å². The highest BCUT2D eigenvalue weighted by atomic mass is 19.3. The number of rotatable bonds is 7. The fourth-order valence-corrected chi connectivity index (χ4v) is 3.24. The molecule has 0 unspecified atom stereocenters. The minimum Gasteiger partial charge on any atom is -0.363 e. The fraction of sp³-hybridized carbons (Fsp3) is 0.364. The number of likely N-dealkylation sites (N-methyl/N-ethyl adjacent to an activating group) is 2. The van der Waals surface area contributed by atoms with Crippen molar-refractivity contribution in [1.29, 1.82) is 0 Å². The topological polar surface area (TPSA) is 74.2 Å². The lowest BCUT2D eigenvalue weighted by atomic mass is 10.0. The summed E-state index contributed by atoms with van der Waals surface area (Å²) in [6, 6.07) is 5.03. The van der Waals surface area contributed by atoms with Gasteiger partial charge in [-0.25, -0.2) is 28.1 Å². The third kappa shape index (κ3) is 4.90. The quantitative estimate of drug-likeness (QED) is 0.589. The summed E-state index contributed by atoms with van der Waals surface area (Å²) in [6.45, 7) is 3.51. The number of halogens is 3. The van der Waals surface area contributed by atoms with Crippen molar-refractivity contribution in [2.24, 2.45) is 0 Å². The molecule has 3 rings (SSSR count). The Morgan fingerprint density at radius 2 is 1.84 bits per heavy atom. The Balaban J connectivity index is 1.97. The molecule has 1 N–H and O–H groups in total. The van der Waals surface area contributed by atoms with Crippen molar-refractivity contribution < 1.29 is 18.0 Å². The molecule has 1 aromatic carbocycles. The Labute approximate surface area is 184 Å². The van der Waals surface area contributed by atoms with E-state index in [-0.39, 0.29) is 18.0 Å². The number of benzene rings is 1. The molecule has 0 aliphatic carbocycles. The van der Waals surface area contributed by atoms with Crippen LogP contribution in [0.1, 0.15) is 36.3 Å². The molecule has 1 atom stereocenters. The fourth-order valence-electron chi connectivity index (χ4n) is 3.24. The molecule has 2 aromatic heterocycles. The number of anilines is 2. The third-order valence-corrected chi connectivity index (χ3v) is 5.06. The van der Waals surface area contributed by atoms with E-state index in [4.69, 9.17) is 0 Å². The zero-order valence-electron chi connectivity index (χ0n) is 18.5. The minimum atomic E-state index is -2.90. The molecule has 0 saturated carbocycles. The summed E-state index contributed by atoms with van der Waals surface area (Å²) < 4.78 is 40.8. The van der Waals surface area contributed by atoms with Gasteiger partial charge in [0.2, 0.25) is 5.91 Å². The standard InChI is InChI=1S/C22H25F3N6O/c1-12(14-7-6-8-15(20(14)23)21(24)25)27-22-16-9-18(31(5)11-19(32)30(3)4)26-10-17(16)28-13(2)29-22/h6-10,12,21H,11H2,1-5H3,(H,27,28,29)/t12-/m1/s1. The van der Waals surface area contributed by atoms with Gasteiger partial charge < -0.3 is 15.1 Å². The lowest BCUT2D eigenvalue weighted by Gasteiger charge is -2.21. The molecule has 0 bridgehead atoms. The first-order valence-electron chi connectivity index (χ1n) is 9.97. The van der Waals surface area contributed by atoms with Crippen LogP contribution in [0.4, 0.5) is 24.8 Å². The first-order valence-corrected chi connectivity index (χ1v) is 9.97. The van der Waals surface area contributed by atoms with Gasteiger partial charge in [-0.15, -0.1) is 0 Å². The summed E-state index contributed by atoms with van der Waals surface area (Å²) in [4.78, 5) is 28.4. The normalized spacial score (nSPS) is 12.2. The molecule has 0 saturated heterocycles. The van der Waals surface area contributed by atoms with Crippen LogP contribution in [-0.2, 0) is 4.79 Å². The van der Waals surface area contributed by atoms with E-state index in [0.717, 1.165) is 6.07 Å². The van der Waals surface area contributed by atoms with Crippen LogP contribution in [0.15, 0.2) is 30.5 Å². The Bertz CT molecular complexity index is 1140. The predicted molar refractivity (Wildman–Crippen MR) is 117 cm³/mol. The zero-order valence-corrected chi connectivity index (χ0v) is 18.5. The number of aryl methyl sites for hydroxylation is 1. The van der Waals surface area contributed by atoms with Crippen LogP contribution in [0.3, 0.4) is 0 Å². The van der Waals surface area contributed by atoms with Gasteiger partial charge in [-0.1, -0.05) is 18.2 Å². The largest absolute Gasteiger partial charge is 0.363 e. The molecular formula is C22H25F3N6O. The second kappa shape index (κ2) is 9.37. The van der Waals surface area contributed by atoms with Crippen LogP contribution >= 0.6 is 0 Å². The van der Waals surface area contributed by atoms with Crippen molar-refractivity contribution in [3.8, 4) is 0 Å². The average molecular weight is 446 g/mol. The molecule has 3 aromatic rings. The number of amides is 1. The van der Waals surface area contributed by atoms with Crippen molar-refractivity contribution in [3.63, 3.8) is 0 Å². The van der Waals surface area contributed by atoms with Crippen LogP contribution in [0, 0.1) is 12.7 Å². The van der Waals surface area contributed by atoms with E-state index in [1.165, 1.54) is 17.0 Å². The number of carbonyl (C=O) groups is 1. The van der Waals surface area contributed by atoms with Gasteiger partial charge in [0.05, 0.1) is 29.9 Å². The molecule has 0 aliphatic rings. The lowest BCUT2D eigenvalue weighted by Crippen LogP contribution is -2.34. The monoisotopic (exact) mass is 446 g/mol. The first-order chi connectivity index (χ1) is 15.1. The molecule has 0 fully saturated rings. The van der Waals surface area contributed by atoms with E-state index in [0.29, 0.717) is 28.4 Å². The maximum Gasteiger partial charge on any atom is 0.266 e. The third-order valence-electron chi connectivity index (χ3n) is 5.06. The van der Waals surface area contributed by atoms with Crippen LogP contribution in [0.5, 0.6) is 0 Å². The highest BCUT2D eigenvalue weighted by Crippen LogP contribution is 2.31. The highest BCUT2D eigenvalue weighted by Gasteiger charge is 2.21. The second-order valence-electron chi connectivity index (χ2n) is 7.74. The molecule has 0 spiro atoms. The molecule has 0 radical (unpaired) electrons. The number of fused-ring (bicyclic) bond motifs is 1. The summed E-state index contributed by atoms with van der Waals surface area (Å²) in [5, 5.41) is 3.73. The maximum atomic E-state index is 14.6. The Hall–Kier alpha value is -3.43. The van der Waals surface area contributed by atoms with Crippen molar-refractivity contribution in [3.05, 3.63) is 53.2 Å². The molecule has 10 heteroatoms. The Kier molecular flexibility index (Phi) is 6.81. The van der Waals surface area contributed by atoms with Gasteiger partial charge in [0.1, 0.15) is 23.3 Å². The molecule has 32 heavy (non-hydrogen) atoms. The average Bonchev–Trinajstić information content (AvgIpc) is 2.73. The van der Waals surface area contributed by atoms with Gasteiger partial charge in [-0.3, -0.25) is 4.79 Å². The van der Waals surface area contributed by atoms with Crippen molar-refractivity contribution in [2.45, 2.75) is 26.3 Å². The van der Waals surface area contributed by atoms with E-state index in [1.807, 2.05) is 0 Å².